The van der Waals surface area contributed by atoms with E-state index in [2.05, 4.69) is 22.2 Å². The first-order valence-corrected chi connectivity index (χ1v) is 15.5. The summed E-state index contributed by atoms with van der Waals surface area (Å²) < 4.78 is 43.0. The highest BCUT2D eigenvalue weighted by Crippen LogP contribution is 2.39. The summed E-state index contributed by atoms with van der Waals surface area (Å²) in [4.78, 5) is 11.9. The van der Waals surface area contributed by atoms with Gasteiger partial charge in [0.15, 0.2) is 11.4 Å². The number of rotatable bonds is 8. The third-order valence-corrected chi connectivity index (χ3v) is 9.91. The zero-order valence-electron chi connectivity index (χ0n) is 24.6. The summed E-state index contributed by atoms with van der Waals surface area (Å²) in [6.07, 6.45) is 5.73. The van der Waals surface area contributed by atoms with Crippen LogP contribution in [-0.2, 0) is 23.6 Å². The Morgan fingerprint density at radius 1 is 1.02 bits per heavy atom. The van der Waals surface area contributed by atoms with Crippen molar-refractivity contribution in [1.82, 2.24) is 28.7 Å². The van der Waals surface area contributed by atoms with E-state index in [0.717, 1.165) is 48.0 Å². The summed E-state index contributed by atoms with van der Waals surface area (Å²) in [6.45, 7) is 4.66. The minimum atomic E-state index is -4.03. The van der Waals surface area contributed by atoms with Gasteiger partial charge >= 0.3 is 0 Å². The number of nitrogens with one attached hydrogen (secondary N) is 1. The van der Waals surface area contributed by atoms with Crippen molar-refractivity contribution < 1.29 is 17.9 Å². The van der Waals surface area contributed by atoms with Crippen LogP contribution in [0.2, 0.25) is 0 Å². The number of likely N-dealkylation sites (tertiary alicyclic amines) is 1. The molecule has 11 heteroatoms. The van der Waals surface area contributed by atoms with Crippen LogP contribution in [0.4, 0.5) is 0 Å². The fourth-order valence-corrected chi connectivity index (χ4v) is 7.21. The van der Waals surface area contributed by atoms with Gasteiger partial charge in [0.05, 0.1) is 30.3 Å². The number of piperidine rings is 1. The molecule has 42 heavy (non-hydrogen) atoms. The number of methoxy groups -OCH3 is 2. The van der Waals surface area contributed by atoms with Crippen LogP contribution in [0, 0.1) is 6.92 Å². The third kappa shape index (κ3) is 4.91. The Bertz CT molecular complexity index is 1870. The Balaban J connectivity index is 1.56. The van der Waals surface area contributed by atoms with Crippen molar-refractivity contribution in [2.24, 2.45) is 7.05 Å². The van der Waals surface area contributed by atoms with E-state index in [1.165, 1.54) is 11.1 Å². The molecule has 0 unspecified atom stereocenters. The highest BCUT2D eigenvalue weighted by Gasteiger charge is 2.28. The molecule has 1 N–H and O–H groups in total. The zero-order chi connectivity index (χ0) is 29.6. The predicted octanol–water partition coefficient (Wildman–Crippen LogP) is 4.34. The molecule has 10 nitrogen and oxygen atoms in total. The topological polar surface area (TPSA) is 104 Å². The fourth-order valence-electron chi connectivity index (χ4n) is 5.74. The molecule has 0 atom stereocenters. The maximum Gasteiger partial charge on any atom is 0.269 e. The van der Waals surface area contributed by atoms with Gasteiger partial charge in [0.1, 0.15) is 5.52 Å². The normalized spacial score (nSPS) is 15.1. The number of nitrogens with zero attached hydrogens (tertiary/aromatic N) is 5. The van der Waals surface area contributed by atoms with Crippen molar-refractivity contribution >= 4 is 32.1 Å². The summed E-state index contributed by atoms with van der Waals surface area (Å²) in [7, 11) is 3.12. The summed E-state index contributed by atoms with van der Waals surface area (Å²) in [5.74, 6) is 0.817. The van der Waals surface area contributed by atoms with Crippen molar-refractivity contribution in [2.45, 2.75) is 37.2 Å². The van der Waals surface area contributed by atoms with E-state index in [-0.39, 0.29) is 4.90 Å². The quantitative estimate of drug-likeness (QED) is 0.286. The van der Waals surface area contributed by atoms with Crippen LogP contribution < -0.4 is 14.8 Å². The number of benzene rings is 1. The van der Waals surface area contributed by atoms with Crippen molar-refractivity contribution in [3.63, 3.8) is 0 Å². The second-order valence-electron chi connectivity index (χ2n) is 11.0. The van der Waals surface area contributed by atoms with Crippen molar-refractivity contribution in [2.75, 3.05) is 34.4 Å². The van der Waals surface area contributed by atoms with E-state index in [4.69, 9.17) is 14.5 Å². The maximum absolute atomic E-state index is 14.4. The molecule has 0 spiro atoms. The molecular formula is C31H36N6O4S. The lowest BCUT2D eigenvalue weighted by molar-refractivity contribution is 0.234. The van der Waals surface area contributed by atoms with Gasteiger partial charge in [0, 0.05) is 49.0 Å². The van der Waals surface area contributed by atoms with E-state index in [1.807, 2.05) is 42.9 Å². The first-order chi connectivity index (χ1) is 20.2. The lowest BCUT2D eigenvalue weighted by Gasteiger charge is -2.29. The summed E-state index contributed by atoms with van der Waals surface area (Å²) >= 11 is 0. The van der Waals surface area contributed by atoms with Crippen molar-refractivity contribution in [1.29, 1.82) is 0 Å². The molecule has 0 aliphatic carbocycles. The molecule has 220 valence electrons. The molecule has 1 aromatic carbocycles. The smallest absolute Gasteiger partial charge is 0.269 e. The van der Waals surface area contributed by atoms with Gasteiger partial charge in [-0.25, -0.2) is 22.4 Å². The predicted molar refractivity (Wildman–Crippen MR) is 164 cm³/mol. The zero-order valence-corrected chi connectivity index (χ0v) is 25.4. The van der Waals surface area contributed by atoms with Gasteiger partial charge in [-0.05, 0) is 69.7 Å². The van der Waals surface area contributed by atoms with Gasteiger partial charge in [0.2, 0.25) is 0 Å². The van der Waals surface area contributed by atoms with Gasteiger partial charge in [0.25, 0.3) is 15.9 Å². The first-order valence-electron chi connectivity index (χ1n) is 14.0. The number of hydrogen-bond acceptors (Lipinski definition) is 8. The summed E-state index contributed by atoms with van der Waals surface area (Å²) in [5.41, 5.74) is 4.86. The number of aryl methyl sites for hydroxylation is 2. The van der Waals surface area contributed by atoms with E-state index < -0.39 is 10.0 Å². The van der Waals surface area contributed by atoms with E-state index in [0.29, 0.717) is 46.6 Å². The molecule has 0 bridgehead atoms. The largest absolute Gasteiger partial charge is 0.491 e. The monoisotopic (exact) mass is 588 g/mol. The number of ether oxygens (including phenoxy) is 2. The fraction of sp³-hybridized carbons (Fsp3) is 0.355. The minimum Gasteiger partial charge on any atom is -0.491 e. The Labute approximate surface area is 245 Å². The highest BCUT2D eigenvalue weighted by atomic mass is 32.2. The van der Waals surface area contributed by atoms with Crippen LogP contribution >= 0.6 is 0 Å². The Morgan fingerprint density at radius 2 is 1.76 bits per heavy atom. The van der Waals surface area contributed by atoms with Gasteiger partial charge < -0.3 is 24.3 Å². The molecule has 5 aromatic rings. The van der Waals surface area contributed by atoms with Crippen LogP contribution in [0.5, 0.6) is 11.6 Å². The SMILES string of the molecule is COc1cc2c(nc1OC)c(-c1cc3c(CNC4CCN(C)CC4)ccnc3n1S(=O)(=O)c1ccc(C)cc1)cn2C. The van der Waals surface area contributed by atoms with E-state index in [1.54, 1.807) is 37.6 Å². The third-order valence-electron chi connectivity index (χ3n) is 8.19. The molecule has 1 saturated heterocycles. The Kier molecular flexibility index (Phi) is 7.42. The summed E-state index contributed by atoms with van der Waals surface area (Å²) in [6, 6.07) is 13.0. The average Bonchev–Trinajstić information content (AvgIpc) is 3.54. The van der Waals surface area contributed by atoms with Crippen molar-refractivity contribution in [3.8, 4) is 22.9 Å². The van der Waals surface area contributed by atoms with Crippen LogP contribution in [0.1, 0.15) is 24.0 Å². The molecule has 1 aliphatic heterocycles. The molecule has 6 rings (SSSR count). The summed E-state index contributed by atoms with van der Waals surface area (Å²) in [5, 5.41) is 4.48. The number of aromatic nitrogens is 4. The number of fused-ring (bicyclic) bond motifs is 2. The molecule has 1 aliphatic rings. The van der Waals surface area contributed by atoms with Gasteiger partial charge in [-0.3, -0.25) is 0 Å². The van der Waals surface area contributed by atoms with Gasteiger partial charge in [-0.1, -0.05) is 17.7 Å². The lowest BCUT2D eigenvalue weighted by Crippen LogP contribution is -2.40. The second-order valence-corrected chi connectivity index (χ2v) is 12.8. The lowest BCUT2D eigenvalue weighted by atomic mass is 10.0. The second kappa shape index (κ2) is 11.0. The molecule has 5 heterocycles. The van der Waals surface area contributed by atoms with E-state index in [9.17, 15) is 8.42 Å². The van der Waals surface area contributed by atoms with Gasteiger partial charge in [-0.15, -0.1) is 0 Å². The van der Waals surface area contributed by atoms with E-state index >= 15 is 0 Å². The Morgan fingerprint density at radius 3 is 2.45 bits per heavy atom. The number of pyridine rings is 2. The molecular weight excluding hydrogens is 552 g/mol. The highest BCUT2D eigenvalue weighted by molar-refractivity contribution is 7.90. The number of hydrogen-bond donors (Lipinski definition) is 1. The molecule has 4 aromatic heterocycles. The maximum atomic E-state index is 14.4. The van der Waals surface area contributed by atoms with Crippen LogP contribution in [0.15, 0.2) is 59.8 Å². The molecule has 1 fully saturated rings. The standard InChI is InChI=1S/C31H36N6O4S/c1-20-6-8-23(9-7-20)42(38,39)37-26(25-19-36(3)27-17-28(40-4)31(41-5)34-29(25)27)16-24-21(10-13-32-30(24)37)18-33-22-11-14-35(2)15-12-22/h6-10,13,16-17,19,22,33H,11-12,14-15,18H2,1-5H3. The molecule has 0 radical (unpaired) electrons. The van der Waals surface area contributed by atoms with Crippen LogP contribution in [-0.4, -0.2) is 72.2 Å². The minimum absolute atomic E-state index is 0.191. The van der Waals surface area contributed by atoms with Crippen molar-refractivity contribution in [3.05, 3.63) is 66.0 Å². The molecule has 0 amide bonds. The first kappa shape index (κ1) is 28.2. The van der Waals surface area contributed by atoms with Crippen LogP contribution in [0.25, 0.3) is 33.3 Å². The van der Waals surface area contributed by atoms with Gasteiger partial charge in [-0.2, -0.15) is 0 Å². The average molecular weight is 589 g/mol. The molecule has 0 saturated carbocycles. The van der Waals surface area contributed by atoms with Crippen LogP contribution in [0.3, 0.4) is 0 Å². The Hall–Kier alpha value is -3.93.